The van der Waals surface area contributed by atoms with E-state index in [-0.39, 0.29) is 49.8 Å². The van der Waals surface area contributed by atoms with Crippen molar-refractivity contribution in [2.24, 2.45) is 5.92 Å². The Labute approximate surface area is 352 Å². The SMILES string of the molecule is COCCOC(=O)N1C(=O)[C@@]2(c3cc(C#CCCO)ccc31)[C@H](c1ccc(O)cc1)N1[C@H](c3ccccc3)[C@H](c3ccccc3)OC(=O)[C@H]1[C@@H]2C(=O)NCCc1ccccn1. The smallest absolute Gasteiger partial charge is 0.421 e. The van der Waals surface area contributed by atoms with Gasteiger partial charge < -0.3 is 29.7 Å². The van der Waals surface area contributed by atoms with E-state index in [4.69, 9.17) is 14.2 Å². The molecule has 310 valence electrons. The number of aliphatic hydroxyl groups is 1. The molecule has 0 aliphatic carbocycles. The minimum absolute atomic E-state index is 0.0427. The van der Waals surface area contributed by atoms with Crippen LogP contribution in [0.1, 0.15) is 58.1 Å². The zero-order valence-corrected chi connectivity index (χ0v) is 33.3. The maximum Gasteiger partial charge on any atom is 0.421 e. The maximum absolute atomic E-state index is 16.0. The van der Waals surface area contributed by atoms with Gasteiger partial charge in [0.25, 0.3) is 0 Å². The fraction of sp³-hybridized carbons (Fsp3) is 0.271. The number of imide groups is 1. The molecule has 4 aromatic carbocycles. The lowest BCUT2D eigenvalue weighted by atomic mass is 9.65. The summed E-state index contributed by atoms with van der Waals surface area (Å²) in [7, 11) is 1.46. The van der Waals surface area contributed by atoms with E-state index in [0.29, 0.717) is 23.1 Å². The van der Waals surface area contributed by atoms with Crippen LogP contribution >= 0.6 is 0 Å². The topological polar surface area (TPSA) is 168 Å². The number of phenolic OH excluding ortho intramolecular Hbond substituents is 1. The number of nitrogens with one attached hydrogen (secondary N) is 1. The lowest BCUT2D eigenvalue weighted by Gasteiger charge is -2.46. The van der Waals surface area contributed by atoms with Crippen LogP contribution in [0.25, 0.3) is 0 Å². The van der Waals surface area contributed by atoms with Crippen molar-refractivity contribution < 1.29 is 43.6 Å². The largest absolute Gasteiger partial charge is 0.508 e. The van der Waals surface area contributed by atoms with E-state index >= 15 is 14.4 Å². The third kappa shape index (κ3) is 7.50. The van der Waals surface area contributed by atoms with Gasteiger partial charge in [0.1, 0.15) is 29.9 Å². The van der Waals surface area contributed by atoms with Crippen LogP contribution in [0.4, 0.5) is 10.5 Å². The van der Waals surface area contributed by atoms with Gasteiger partial charge in [0, 0.05) is 44.0 Å². The number of esters is 1. The maximum atomic E-state index is 16.0. The number of aliphatic hydroxyl groups excluding tert-OH is 1. The lowest BCUT2D eigenvalue weighted by molar-refractivity contribution is -0.178. The number of carbonyl (C=O) groups is 4. The molecule has 8 rings (SSSR count). The lowest BCUT2D eigenvalue weighted by Crippen LogP contribution is -2.56. The third-order valence-corrected chi connectivity index (χ3v) is 11.5. The Morgan fingerprint density at radius 1 is 0.869 bits per heavy atom. The Morgan fingerprint density at radius 2 is 1.59 bits per heavy atom. The Hall–Kier alpha value is -6.85. The van der Waals surface area contributed by atoms with E-state index in [2.05, 4.69) is 22.1 Å². The van der Waals surface area contributed by atoms with Crippen LogP contribution in [0.2, 0.25) is 0 Å². The van der Waals surface area contributed by atoms with Crippen molar-refractivity contribution in [2.75, 3.05) is 38.4 Å². The average molecular weight is 821 g/mol. The first-order valence-electron chi connectivity index (χ1n) is 20.1. The second kappa shape index (κ2) is 17.8. The second-order valence-corrected chi connectivity index (χ2v) is 15.0. The molecule has 3 aliphatic rings. The molecule has 3 amide bonds. The van der Waals surface area contributed by atoms with E-state index in [1.807, 2.05) is 77.7 Å². The van der Waals surface area contributed by atoms with E-state index in [9.17, 15) is 15.0 Å². The summed E-state index contributed by atoms with van der Waals surface area (Å²) in [6.07, 6.45) is 0.285. The van der Waals surface area contributed by atoms with Crippen LogP contribution in [-0.4, -0.2) is 83.5 Å². The van der Waals surface area contributed by atoms with Crippen LogP contribution in [0.5, 0.6) is 5.75 Å². The number of nitrogens with zero attached hydrogens (tertiary/aromatic N) is 3. The highest BCUT2D eigenvalue weighted by atomic mass is 16.6. The highest BCUT2D eigenvalue weighted by Gasteiger charge is 2.75. The average Bonchev–Trinajstić information content (AvgIpc) is 3.74. The summed E-state index contributed by atoms with van der Waals surface area (Å²) in [4.78, 5) is 68.0. The molecular weight excluding hydrogens is 777 g/mol. The Balaban J connectivity index is 1.41. The Bertz CT molecular complexity index is 2460. The number of cyclic esters (lactones) is 1. The predicted octanol–water partition coefficient (Wildman–Crippen LogP) is 5.33. The summed E-state index contributed by atoms with van der Waals surface area (Å²) < 4.78 is 17.2. The van der Waals surface area contributed by atoms with Gasteiger partial charge in [-0.3, -0.25) is 24.3 Å². The van der Waals surface area contributed by atoms with Crippen LogP contribution in [0, 0.1) is 17.8 Å². The number of fused-ring (bicyclic) bond motifs is 3. The number of hydrogen-bond donors (Lipinski definition) is 3. The number of carbonyl (C=O) groups excluding carboxylic acids is 4. The normalized spacial score (nSPS) is 22.8. The standard InChI is InChI=1S/C48H44N4O9/c1-59-28-29-60-47(58)51-38-23-18-31(12-9-11-27-53)30-37(38)48(46(51)57)39(44(55)50-26-24-35-17-8-10-25-49-35)41-45(56)61-42(33-15-6-3-7-16-33)40(32-13-4-2-5-14-32)52(41)43(48)34-19-21-36(54)22-20-34/h2-8,10,13-23,25,30,39-43,53-54H,11,24,26-29H2,1H3,(H,50,55)/t39-,40-,41-,42+,43+,48-/m1/s1. The molecule has 6 atom stereocenters. The van der Waals surface area contributed by atoms with Crippen LogP contribution in [0.15, 0.2) is 128 Å². The number of hydrogen-bond acceptors (Lipinski definition) is 11. The van der Waals surface area contributed by atoms with Gasteiger partial charge in [-0.25, -0.2) is 9.69 Å². The summed E-state index contributed by atoms with van der Waals surface area (Å²) in [6, 6.07) is 32.1. The first-order chi connectivity index (χ1) is 29.8. The van der Waals surface area contributed by atoms with Gasteiger partial charge in [-0.2, -0.15) is 0 Å². The fourth-order valence-electron chi connectivity index (χ4n) is 9.09. The predicted molar refractivity (Wildman–Crippen MR) is 223 cm³/mol. The molecule has 13 nitrogen and oxygen atoms in total. The minimum Gasteiger partial charge on any atom is -0.508 e. The van der Waals surface area contributed by atoms with Crippen molar-refractivity contribution >= 4 is 29.6 Å². The van der Waals surface area contributed by atoms with Crippen molar-refractivity contribution in [1.29, 1.82) is 0 Å². The van der Waals surface area contributed by atoms with Gasteiger partial charge >= 0.3 is 12.1 Å². The molecule has 1 aromatic heterocycles. The molecule has 61 heavy (non-hydrogen) atoms. The van der Waals surface area contributed by atoms with E-state index in [1.54, 1.807) is 42.6 Å². The molecule has 4 heterocycles. The van der Waals surface area contributed by atoms with Crippen molar-refractivity contribution in [3.63, 3.8) is 0 Å². The molecule has 0 saturated carbocycles. The number of phenols is 1. The number of anilines is 1. The molecule has 2 fully saturated rings. The third-order valence-electron chi connectivity index (χ3n) is 11.5. The molecule has 0 radical (unpaired) electrons. The summed E-state index contributed by atoms with van der Waals surface area (Å²) >= 11 is 0. The molecule has 5 aromatic rings. The van der Waals surface area contributed by atoms with Gasteiger partial charge in [-0.05, 0) is 64.7 Å². The van der Waals surface area contributed by atoms with Crippen molar-refractivity contribution in [3.05, 3.63) is 161 Å². The number of morpholine rings is 1. The fourth-order valence-corrected chi connectivity index (χ4v) is 9.09. The van der Waals surface area contributed by atoms with Gasteiger partial charge in [-0.15, -0.1) is 0 Å². The van der Waals surface area contributed by atoms with E-state index in [1.165, 1.54) is 19.2 Å². The van der Waals surface area contributed by atoms with Crippen LogP contribution in [0.3, 0.4) is 0 Å². The van der Waals surface area contributed by atoms with E-state index < -0.39 is 59.4 Å². The van der Waals surface area contributed by atoms with Gasteiger partial charge in [0.2, 0.25) is 11.8 Å². The second-order valence-electron chi connectivity index (χ2n) is 15.0. The zero-order chi connectivity index (χ0) is 42.5. The monoisotopic (exact) mass is 820 g/mol. The number of aromatic hydroxyl groups is 1. The summed E-state index contributed by atoms with van der Waals surface area (Å²) in [5.41, 5.74) is 1.49. The van der Waals surface area contributed by atoms with Crippen LogP contribution < -0.4 is 10.2 Å². The van der Waals surface area contributed by atoms with Gasteiger partial charge in [0.05, 0.1) is 36.9 Å². The molecule has 2 saturated heterocycles. The molecule has 0 unspecified atom stereocenters. The van der Waals surface area contributed by atoms with Gasteiger partial charge in [0.15, 0.2) is 0 Å². The molecule has 13 heteroatoms. The number of rotatable bonds is 11. The number of benzene rings is 4. The van der Waals surface area contributed by atoms with E-state index in [0.717, 1.165) is 16.2 Å². The first kappa shape index (κ1) is 40.9. The van der Waals surface area contributed by atoms with Crippen molar-refractivity contribution in [2.45, 2.75) is 42.5 Å². The number of amides is 3. The molecule has 1 spiro atoms. The Kier molecular flexibility index (Phi) is 11.9. The number of ether oxygens (including phenoxy) is 3. The molecular formula is C48H44N4O9. The summed E-state index contributed by atoms with van der Waals surface area (Å²) in [6.45, 7) is -0.169. The highest BCUT2D eigenvalue weighted by molar-refractivity contribution is 6.23. The number of methoxy groups -OCH3 is 1. The molecule has 0 bridgehead atoms. The minimum atomic E-state index is -2.02. The zero-order valence-electron chi connectivity index (χ0n) is 33.3. The Morgan fingerprint density at radius 3 is 2.28 bits per heavy atom. The van der Waals surface area contributed by atoms with Gasteiger partial charge in [-0.1, -0.05) is 90.7 Å². The number of aromatic nitrogens is 1. The molecule has 3 N–H and O–H groups in total. The number of pyridine rings is 1. The van der Waals surface area contributed by atoms with Crippen molar-refractivity contribution in [3.8, 4) is 17.6 Å². The quantitative estimate of drug-likeness (QED) is 0.0896. The van der Waals surface area contributed by atoms with Crippen molar-refractivity contribution in [1.82, 2.24) is 15.2 Å². The molecule has 3 aliphatic heterocycles. The highest BCUT2D eigenvalue weighted by Crippen LogP contribution is 2.66. The summed E-state index contributed by atoms with van der Waals surface area (Å²) in [5, 5.41) is 23.2. The summed E-state index contributed by atoms with van der Waals surface area (Å²) in [5.74, 6) is 2.29. The van der Waals surface area contributed by atoms with Crippen LogP contribution in [-0.2, 0) is 40.4 Å². The first-order valence-corrected chi connectivity index (χ1v) is 20.1.